The minimum atomic E-state index is -0.977. The van der Waals surface area contributed by atoms with E-state index in [2.05, 4.69) is 11.1 Å². The number of rotatable bonds is 2. The van der Waals surface area contributed by atoms with E-state index >= 15 is 0 Å². The summed E-state index contributed by atoms with van der Waals surface area (Å²) < 4.78 is 5.67. The van der Waals surface area contributed by atoms with Crippen LogP contribution in [0.4, 0.5) is 0 Å². The van der Waals surface area contributed by atoms with E-state index in [1.165, 1.54) is 11.3 Å². The quantitative estimate of drug-likeness (QED) is 0.921. The molecule has 5 heteroatoms. The third kappa shape index (κ3) is 2.07. The Kier molecular flexibility index (Phi) is 3.20. The number of aliphatic hydroxyl groups is 1. The van der Waals surface area contributed by atoms with Crippen molar-refractivity contribution in [3.8, 4) is 11.8 Å². The molecule has 1 aliphatic rings. The Bertz CT molecular complexity index is 677. The summed E-state index contributed by atoms with van der Waals surface area (Å²) in [6.07, 6.45) is -0.469. The lowest BCUT2D eigenvalue weighted by molar-refractivity contribution is 0.0148. The molecule has 0 saturated heterocycles. The number of hydrogen-bond donors (Lipinski definition) is 1. The first kappa shape index (κ1) is 13.1. The van der Waals surface area contributed by atoms with Gasteiger partial charge in [-0.15, -0.1) is 11.3 Å². The molecule has 102 valence electrons. The Morgan fingerprint density at radius 2 is 2.30 bits per heavy atom. The third-order valence-electron chi connectivity index (χ3n) is 3.63. The highest BCUT2D eigenvalue weighted by molar-refractivity contribution is 7.09. The molecule has 1 aromatic heterocycles. The summed E-state index contributed by atoms with van der Waals surface area (Å²) in [5, 5.41) is 22.9. The van der Waals surface area contributed by atoms with E-state index in [0.29, 0.717) is 12.1 Å². The van der Waals surface area contributed by atoms with Gasteiger partial charge in [-0.2, -0.15) is 5.26 Å². The number of nitrogens with zero attached hydrogens (tertiary/aromatic N) is 2. The molecule has 0 bridgehead atoms. The first-order chi connectivity index (χ1) is 9.64. The molecule has 0 amide bonds. The lowest BCUT2D eigenvalue weighted by atomic mass is 9.76. The largest absolute Gasteiger partial charge is 0.492 e. The molecule has 3 rings (SSSR count). The van der Waals surface area contributed by atoms with Gasteiger partial charge in [-0.05, 0) is 18.6 Å². The molecule has 0 radical (unpaired) electrons. The van der Waals surface area contributed by atoms with E-state index in [0.717, 1.165) is 16.3 Å². The van der Waals surface area contributed by atoms with Gasteiger partial charge in [-0.3, -0.25) is 0 Å². The average molecular weight is 286 g/mol. The summed E-state index contributed by atoms with van der Waals surface area (Å²) in [6.45, 7) is 2.06. The lowest BCUT2D eigenvalue weighted by Gasteiger charge is -2.35. The number of fused-ring (bicyclic) bond motifs is 1. The van der Waals surface area contributed by atoms with Crippen LogP contribution < -0.4 is 4.74 Å². The Hall–Kier alpha value is -1.90. The second kappa shape index (κ2) is 4.89. The normalized spacial score (nSPS) is 22.4. The van der Waals surface area contributed by atoms with Crippen LogP contribution in [0, 0.1) is 23.7 Å². The monoisotopic (exact) mass is 286 g/mol. The minimum absolute atomic E-state index is 0.179. The number of para-hydroxylation sites is 1. The van der Waals surface area contributed by atoms with Gasteiger partial charge in [0.2, 0.25) is 0 Å². The molecule has 2 unspecified atom stereocenters. The second-order valence-corrected chi connectivity index (χ2v) is 6.10. The van der Waals surface area contributed by atoms with Crippen LogP contribution in [-0.2, 0) is 6.42 Å². The van der Waals surface area contributed by atoms with Crippen molar-refractivity contribution in [2.75, 3.05) is 6.61 Å². The Balaban J connectivity index is 1.96. The molecule has 2 heterocycles. The molecule has 0 fully saturated rings. The number of nitriles is 1. The molecular formula is C15H14N2O2S. The summed E-state index contributed by atoms with van der Waals surface area (Å²) in [4.78, 5) is 4.30. The van der Waals surface area contributed by atoms with Crippen LogP contribution in [0.25, 0.3) is 0 Å². The number of aryl methyl sites for hydroxylation is 1. The maximum absolute atomic E-state index is 10.6. The SMILES string of the molecule is Cc1nc(C(O)C2(C#N)COc3ccccc3C2)cs1. The zero-order chi connectivity index (χ0) is 14.2. The van der Waals surface area contributed by atoms with Gasteiger partial charge in [0.05, 0.1) is 16.8 Å². The van der Waals surface area contributed by atoms with Crippen LogP contribution >= 0.6 is 11.3 Å². The number of benzene rings is 1. The second-order valence-electron chi connectivity index (χ2n) is 5.04. The molecule has 1 N–H and O–H groups in total. The fourth-order valence-corrected chi connectivity index (χ4v) is 3.12. The molecule has 0 spiro atoms. The van der Waals surface area contributed by atoms with Crippen LogP contribution in [0.3, 0.4) is 0 Å². The van der Waals surface area contributed by atoms with Crippen molar-refractivity contribution in [2.45, 2.75) is 19.4 Å². The highest BCUT2D eigenvalue weighted by atomic mass is 32.1. The predicted octanol–water partition coefficient (Wildman–Crippen LogP) is 2.63. The Labute approximate surface area is 121 Å². The van der Waals surface area contributed by atoms with Crippen molar-refractivity contribution < 1.29 is 9.84 Å². The summed E-state index contributed by atoms with van der Waals surface area (Å²) >= 11 is 1.47. The van der Waals surface area contributed by atoms with Gasteiger partial charge in [0.1, 0.15) is 23.9 Å². The van der Waals surface area contributed by atoms with Gasteiger partial charge >= 0.3 is 0 Å². The molecular weight excluding hydrogens is 272 g/mol. The molecule has 2 aromatic rings. The van der Waals surface area contributed by atoms with Crippen LogP contribution in [0.5, 0.6) is 5.75 Å². The van der Waals surface area contributed by atoms with Gasteiger partial charge in [0.25, 0.3) is 0 Å². The number of thiazole rings is 1. The summed E-state index contributed by atoms with van der Waals surface area (Å²) in [5.41, 5.74) is 0.526. The molecule has 2 atom stereocenters. The number of ether oxygens (including phenoxy) is 1. The van der Waals surface area contributed by atoms with Gasteiger partial charge < -0.3 is 9.84 Å². The summed E-state index contributed by atoms with van der Waals surface area (Å²) in [7, 11) is 0. The van der Waals surface area contributed by atoms with Crippen molar-refractivity contribution in [1.29, 1.82) is 5.26 Å². The number of aliphatic hydroxyl groups excluding tert-OH is 1. The zero-order valence-electron chi connectivity index (χ0n) is 11.0. The molecule has 0 aliphatic carbocycles. The van der Waals surface area contributed by atoms with Gasteiger partial charge in [-0.25, -0.2) is 4.98 Å². The van der Waals surface area contributed by atoms with Gasteiger partial charge in [-0.1, -0.05) is 18.2 Å². The van der Waals surface area contributed by atoms with Crippen LogP contribution in [0.15, 0.2) is 29.6 Å². The Morgan fingerprint density at radius 3 is 3.00 bits per heavy atom. The highest BCUT2D eigenvalue weighted by Gasteiger charge is 2.44. The minimum Gasteiger partial charge on any atom is -0.492 e. The standard InChI is InChI=1S/C15H14N2O2S/c1-10-17-12(7-20-10)14(18)15(8-16)6-11-4-2-3-5-13(11)19-9-15/h2-5,7,14,18H,6,9H2,1H3. The van der Waals surface area contributed by atoms with Crippen LogP contribution in [0.2, 0.25) is 0 Å². The van der Waals surface area contributed by atoms with Gasteiger partial charge in [0, 0.05) is 11.8 Å². The van der Waals surface area contributed by atoms with Crippen molar-refractivity contribution in [3.63, 3.8) is 0 Å². The van der Waals surface area contributed by atoms with Crippen LogP contribution in [0.1, 0.15) is 22.4 Å². The number of aromatic nitrogens is 1. The average Bonchev–Trinajstić information content (AvgIpc) is 2.92. The smallest absolute Gasteiger partial charge is 0.127 e. The molecule has 4 nitrogen and oxygen atoms in total. The first-order valence-corrected chi connectivity index (χ1v) is 7.25. The van der Waals surface area contributed by atoms with E-state index in [9.17, 15) is 10.4 Å². The predicted molar refractivity (Wildman–Crippen MR) is 75.5 cm³/mol. The fourth-order valence-electron chi connectivity index (χ4n) is 2.49. The van der Waals surface area contributed by atoms with Crippen LogP contribution in [-0.4, -0.2) is 16.7 Å². The number of hydrogen-bond acceptors (Lipinski definition) is 5. The molecule has 1 aliphatic heterocycles. The molecule has 20 heavy (non-hydrogen) atoms. The topological polar surface area (TPSA) is 66.1 Å². The van der Waals surface area contributed by atoms with E-state index in [-0.39, 0.29) is 6.61 Å². The summed E-state index contributed by atoms with van der Waals surface area (Å²) in [6, 6.07) is 9.88. The maximum Gasteiger partial charge on any atom is 0.127 e. The fraction of sp³-hybridized carbons (Fsp3) is 0.333. The van der Waals surface area contributed by atoms with E-state index in [4.69, 9.17) is 4.74 Å². The maximum atomic E-state index is 10.6. The highest BCUT2D eigenvalue weighted by Crippen LogP contribution is 2.42. The van der Waals surface area contributed by atoms with E-state index in [1.807, 2.05) is 31.2 Å². The first-order valence-electron chi connectivity index (χ1n) is 6.37. The van der Waals surface area contributed by atoms with Crippen molar-refractivity contribution in [1.82, 2.24) is 4.98 Å². The third-order valence-corrected chi connectivity index (χ3v) is 4.42. The van der Waals surface area contributed by atoms with E-state index < -0.39 is 11.5 Å². The molecule has 0 saturated carbocycles. The summed E-state index contributed by atoms with van der Waals surface area (Å²) in [5.74, 6) is 0.792. The zero-order valence-corrected chi connectivity index (χ0v) is 11.9. The van der Waals surface area contributed by atoms with Crippen molar-refractivity contribution >= 4 is 11.3 Å². The Morgan fingerprint density at radius 1 is 1.50 bits per heavy atom. The molecule has 1 aromatic carbocycles. The van der Waals surface area contributed by atoms with E-state index in [1.54, 1.807) is 5.38 Å². The van der Waals surface area contributed by atoms with Crippen molar-refractivity contribution in [3.05, 3.63) is 45.9 Å². The van der Waals surface area contributed by atoms with Gasteiger partial charge in [0.15, 0.2) is 0 Å². The lowest BCUT2D eigenvalue weighted by Crippen LogP contribution is -2.39. The van der Waals surface area contributed by atoms with Crippen molar-refractivity contribution in [2.24, 2.45) is 5.41 Å².